The Morgan fingerprint density at radius 3 is 2.21 bits per heavy atom. The Labute approximate surface area is 136 Å². The van der Waals surface area contributed by atoms with Crippen molar-refractivity contribution in [2.45, 2.75) is 11.1 Å². The number of carbonyl (C=O) groups excluding carboxylic acids is 1. The number of esters is 1. The first kappa shape index (κ1) is 17.8. The summed E-state index contributed by atoms with van der Waals surface area (Å²) in [5.41, 5.74) is -2.94. The van der Waals surface area contributed by atoms with Gasteiger partial charge in [-0.3, -0.25) is 4.72 Å². The van der Waals surface area contributed by atoms with Gasteiger partial charge in [0.25, 0.3) is 10.0 Å². The van der Waals surface area contributed by atoms with Crippen LogP contribution in [0.5, 0.6) is 0 Å². The van der Waals surface area contributed by atoms with Gasteiger partial charge in [0.05, 0.1) is 28.8 Å². The highest BCUT2D eigenvalue weighted by Crippen LogP contribution is 2.38. The molecule has 128 valence electrons. The Kier molecular flexibility index (Phi) is 4.83. The molecule has 9 heteroatoms. The highest BCUT2D eigenvalue weighted by Gasteiger charge is 2.39. The molecule has 0 saturated carbocycles. The van der Waals surface area contributed by atoms with E-state index in [-0.39, 0.29) is 4.90 Å². The van der Waals surface area contributed by atoms with Crippen LogP contribution in [0.25, 0.3) is 0 Å². The van der Waals surface area contributed by atoms with E-state index in [2.05, 4.69) is 4.74 Å². The van der Waals surface area contributed by atoms with Crippen molar-refractivity contribution in [2.75, 3.05) is 11.8 Å². The summed E-state index contributed by atoms with van der Waals surface area (Å²) in [6.45, 7) is 0. The molecule has 0 atom stereocenters. The van der Waals surface area contributed by atoms with Gasteiger partial charge >= 0.3 is 12.1 Å². The highest BCUT2D eigenvalue weighted by molar-refractivity contribution is 7.92. The van der Waals surface area contributed by atoms with E-state index in [9.17, 15) is 26.4 Å². The second kappa shape index (κ2) is 6.52. The van der Waals surface area contributed by atoms with E-state index in [4.69, 9.17) is 0 Å². The van der Waals surface area contributed by atoms with Crippen LogP contribution >= 0.6 is 0 Å². The summed E-state index contributed by atoms with van der Waals surface area (Å²) in [6.07, 6.45) is -4.96. The molecule has 0 aromatic heterocycles. The summed E-state index contributed by atoms with van der Waals surface area (Å²) in [4.78, 5) is 11.4. The van der Waals surface area contributed by atoms with Gasteiger partial charge in [-0.1, -0.05) is 24.3 Å². The number of rotatable bonds is 4. The topological polar surface area (TPSA) is 72.5 Å². The fraction of sp³-hybridized carbons (Fsp3) is 0.133. The summed E-state index contributed by atoms with van der Waals surface area (Å²) in [7, 11) is -3.31. The molecule has 0 aliphatic rings. The van der Waals surface area contributed by atoms with Gasteiger partial charge in [0, 0.05) is 0 Å². The van der Waals surface area contributed by atoms with Crippen LogP contribution in [-0.2, 0) is 20.9 Å². The lowest BCUT2D eigenvalue weighted by Gasteiger charge is -2.17. The number of sulfonamides is 1. The van der Waals surface area contributed by atoms with Crippen LogP contribution in [0.15, 0.2) is 53.4 Å². The fourth-order valence-electron chi connectivity index (χ4n) is 2.03. The van der Waals surface area contributed by atoms with Gasteiger partial charge in [-0.2, -0.15) is 13.2 Å². The Hall–Kier alpha value is -2.55. The molecule has 0 spiro atoms. The molecule has 0 saturated heterocycles. The number of hydrogen-bond acceptors (Lipinski definition) is 4. The zero-order valence-electron chi connectivity index (χ0n) is 12.3. The van der Waals surface area contributed by atoms with Crippen LogP contribution in [-0.4, -0.2) is 21.5 Å². The summed E-state index contributed by atoms with van der Waals surface area (Å²) in [6, 6.07) is 9.88. The second-order valence-electron chi connectivity index (χ2n) is 4.64. The molecule has 0 amide bonds. The maximum Gasteiger partial charge on any atom is 0.419 e. The molecule has 5 nitrogen and oxygen atoms in total. The number of alkyl halides is 3. The maximum absolute atomic E-state index is 13.3. The van der Waals surface area contributed by atoms with E-state index in [1.807, 2.05) is 4.72 Å². The monoisotopic (exact) mass is 359 g/mol. The van der Waals surface area contributed by atoms with Gasteiger partial charge in [0.1, 0.15) is 0 Å². The largest absolute Gasteiger partial charge is 0.465 e. The lowest BCUT2D eigenvalue weighted by Crippen LogP contribution is -2.20. The Balaban J connectivity index is 2.57. The van der Waals surface area contributed by atoms with Crippen molar-refractivity contribution in [3.63, 3.8) is 0 Å². The minimum atomic E-state index is -4.96. The quantitative estimate of drug-likeness (QED) is 0.851. The third-order valence-electron chi connectivity index (χ3n) is 3.05. The fourth-order valence-corrected chi connectivity index (χ4v) is 3.12. The molecule has 0 aliphatic carbocycles. The number of benzene rings is 2. The van der Waals surface area contributed by atoms with Crippen molar-refractivity contribution < 1.29 is 31.1 Å². The van der Waals surface area contributed by atoms with Gasteiger partial charge in [0.15, 0.2) is 0 Å². The van der Waals surface area contributed by atoms with Crippen LogP contribution in [0.2, 0.25) is 0 Å². The smallest absolute Gasteiger partial charge is 0.419 e. The molecular formula is C15H12F3NO4S. The molecule has 0 unspecified atom stereocenters. The van der Waals surface area contributed by atoms with Gasteiger partial charge in [0.2, 0.25) is 0 Å². The van der Waals surface area contributed by atoms with Crippen LogP contribution in [0, 0.1) is 0 Å². The number of hydrogen-bond donors (Lipinski definition) is 1. The van der Waals surface area contributed by atoms with Gasteiger partial charge in [-0.05, 0) is 24.3 Å². The minimum Gasteiger partial charge on any atom is -0.465 e. The molecule has 0 radical (unpaired) electrons. The van der Waals surface area contributed by atoms with E-state index in [1.54, 1.807) is 6.07 Å². The van der Waals surface area contributed by atoms with Crippen LogP contribution in [0.1, 0.15) is 15.9 Å². The summed E-state index contributed by atoms with van der Waals surface area (Å²) in [5.74, 6) is -1.22. The molecule has 2 rings (SSSR count). The molecule has 1 N–H and O–H groups in total. The third-order valence-corrected chi connectivity index (χ3v) is 4.43. The number of methoxy groups -OCH3 is 1. The molecule has 2 aromatic rings. The van der Waals surface area contributed by atoms with Crippen LogP contribution < -0.4 is 4.72 Å². The molecular weight excluding hydrogens is 347 g/mol. The number of nitrogens with one attached hydrogen (secondary N) is 1. The lowest BCUT2D eigenvalue weighted by atomic mass is 10.1. The summed E-state index contributed by atoms with van der Waals surface area (Å²) in [5, 5.41) is 0. The van der Waals surface area contributed by atoms with E-state index < -0.39 is 39.0 Å². The average Bonchev–Trinajstić information content (AvgIpc) is 2.53. The van der Waals surface area contributed by atoms with Gasteiger partial charge < -0.3 is 4.74 Å². The number of halogens is 3. The Bertz CT molecular complexity index is 849. The van der Waals surface area contributed by atoms with Crippen LogP contribution in [0.3, 0.4) is 0 Å². The van der Waals surface area contributed by atoms with Crippen molar-refractivity contribution in [2.24, 2.45) is 0 Å². The number of carbonyl (C=O) groups is 1. The van der Waals surface area contributed by atoms with Gasteiger partial charge in [-0.25, -0.2) is 13.2 Å². The first-order valence-corrected chi connectivity index (χ1v) is 8.01. The number of anilines is 1. The molecule has 0 heterocycles. The number of ether oxygens (including phenoxy) is 1. The summed E-state index contributed by atoms with van der Waals surface area (Å²) < 4.78 is 70.7. The summed E-state index contributed by atoms with van der Waals surface area (Å²) >= 11 is 0. The van der Waals surface area contributed by atoms with Crippen molar-refractivity contribution >= 4 is 21.7 Å². The van der Waals surface area contributed by atoms with Crippen molar-refractivity contribution in [3.05, 3.63) is 59.7 Å². The Morgan fingerprint density at radius 2 is 1.67 bits per heavy atom. The highest BCUT2D eigenvalue weighted by atomic mass is 32.2. The first-order valence-electron chi connectivity index (χ1n) is 6.53. The maximum atomic E-state index is 13.3. The molecule has 0 bridgehead atoms. The first-order chi connectivity index (χ1) is 11.2. The average molecular weight is 359 g/mol. The van der Waals surface area contributed by atoms with Crippen molar-refractivity contribution in [1.82, 2.24) is 0 Å². The van der Waals surface area contributed by atoms with E-state index >= 15 is 0 Å². The standard InChI is InChI=1S/C15H12F3NO4S/c1-23-14(20)11-8-5-9-12(13(11)15(16,17)18)19-24(21,22)10-6-3-2-4-7-10/h2-9,19H,1H3. The van der Waals surface area contributed by atoms with Crippen molar-refractivity contribution in [1.29, 1.82) is 0 Å². The zero-order valence-corrected chi connectivity index (χ0v) is 13.1. The van der Waals surface area contributed by atoms with E-state index in [1.165, 1.54) is 24.3 Å². The molecule has 0 aliphatic heterocycles. The molecule has 2 aromatic carbocycles. The SMILES string of the molecule is COC(=O)c1cccc(NS(=O)(=O)c2ccccc2)c1C(F)(F)F. The molecule has 0 fully saturated rings. The van der Waals surface area contributed by atoms with Crippen molar-refractivity contribution in [3.8, 4) is 0 Å². The van der Waals surface area contributed by atoms with Gasteiger partial charge in [-0.15, -0.1) is 0 Å². The zero-order chi connectivity index (χ0) is 18.0. The normalized spacial score (nSPS) is 11.8. The second-order valence-corrected chi connectivity index (χ2v) is 6.32. The van der Waals surface area contributed by atoms with E-state index in [0.717, 1.165) is 25.3 Å². The minimum absolute atomic E-state index is 0.207. The third kappa shape index (κ3) is 3.67. The van der Waals surface area contributed by atoms with Crippen LogP contribution in [0.4, 0.5) is 18.9 Å². The lowest BCUT2D eigenvalue weighted by molar-refractivity contribution is -0.137. The predicted octanol–water partition coefficient (Wildman–Crippen LogP) is 3.29. The predicted molar refractivity (Wildman–Crippen MR) is 80.0 cm³/mol. The molecule has 24 heavy (non-hydrogen) atoms. The Morgan fingerprint density at radius 1 is 1.04 bits per heavy atom. The van der Waals surface area contributed by atoms with E-state index in [0.29, 0.717) is 0 Å².